The van der Waals surface area contributed by atoms with Gasteiger partial charge in [0.25, 0.3) is 0 Å². The van der Waals surface area contributed by atoms with E-state index in [0.29, 0.717) is 17.5 Å². The molecule has 322 valence electrons. The van der Waals surface area contributed by atoms with Gasteiger partial charge in [0.05, 0.1) is 22.1 Å². The van der Waals surface area contributed by atoms with E-state index in [4.69, 9.17) is 23.8 Å². The van der Waals surface area contributed by atoms with Gasteiger partial charge in [0.1, 0.15) is 22.3 Å². The first kappa shape index (κ1) is 38.8. The molecule has 6 heteroatoms. The van der Waals surface area contributed by atoms with Gasteiger partial charge < -0.3 is 13.4 Å². The summed E-state index contributed by atoms with van der Waals surface area (Å²) in [6, 6.07) is 80.3. The summed E-state index contributed by atoms with van der Waals surface area (Å²) in [5, 5.41) is 6.34. The summed E-state index contributed by atoms with van der Waals surface area (Å²) >= 11 is 0. The molecular formula is C63H38N4O2. The molecule has 0 fully saturated rings. The van der Waals surface area contributed by atoms with E-state index in [1.807, 2.05) is 48.5 Å². The third kappa shape index (κ3) is 6.38. The average Bonchev–Trinajstić information content (AvgIpc) is 4.11. The van der Waals surface area contributed by atoms with Crippen LogP contribution in [0.5, 0.6) is 0 Å². The Balaban J connectivity index is 1.01. The molecule has 69 heavy (non-hydrogen) atoms. The lowest BCUT2D eigenvalue weighted by molar-refractivity contribution is 0.668. The van der Waals surface area contributed by atoms with Crippen molar-refractivity contribution in [2.45, 2.75) is 0 Å². The highest BCUT2D eigenvalue weighted by Gasteiger charge is 2.24. The SMILES string of the molecule is c1ccc(-c2ccc(-c3nc(-c4ccccc4)nc(-c4cc(-c5cccc6oc7cccc(-n8c9ccccc9c9cc(-c%10ccccc%10)ccc98)c7c56)cc5oc6ccccc6c45)n3)cc2)cc1. The highest BCUT2D eigenvalue weighted by Crippen LogP contribution is 2.46. The second kappa shape index (κ2) is 15.6. The van der Waals surface area contributed by atoms with E-state index < -0.39 is 0 Å². The summed E-state index contributed by atoms with van der Waals surface area (Å²) in [6.45, 7) is 0. The number of rotatable bonds is 7. The molecule has 0 aliphatic carbocycles. The smallest absolute Gasteiger partial charge is 0.164 e. The van der Waals surface area contributed by atoms with Crippen LogP contribution in [0.15, 0.2) is 239 Å². The third-order valence-electron chi connectivity index (χ3n) is 13.5. The Morgan fingerprint density at radius 2 is 0.797 bits per heavy atom. The summed E-state index contributed by atoms with van der Waals surface area (Å²) in [7, 11) is 0. The minimum atomic E-state index is 0.550. The summed E-state index contributed by atoms with van der Waals surface area (Å²) in [4.78, 5) is 15.7. The van der Waals surface area contributed by atoms with Gasteiger partial charge >= 0.3 is 0 Å². The second-order valence-electron chi connectivity index (χ2n) is 17.5. The van der Waals surface area contributed by atoms with Gasteiger partial charge in [-0.3, -0.25) is 0 Å². The van der Waals surface area contributed by atoms with E-state index in [1.54, 1.807) is 0 Å². The van der Waals surface area contributed by atoms with E-state index in [1.165, 1.54) is 21.9 Å². The normalized spacial score (nSPS) is 11.8. The van der Waals surface area contributed by atoms with E-state index in [-0.39, 0.29) is 0 Å². The summed E-state index contributed by atoms with van der Waals surface area (Å²) in [5.41, 5.74) is 15.6. The van der Waals surface area contributed by atoms with Crippen LogP contribution >= 0.6 is 0 Å². The van der Waals surface area contributed by atoms with Crippen LogP contribution in [0.25, 0.3) is 139 Å². The number of benzene rings is 10. The van der Waals surface area contributed by atoms with Crippen LogP contribution in [0.3, 0.4) is 0 Å². The Morgan fingerprint density at radius 3 is 1.55 bits per heavy atom. The molecule has 0 amide bonds. The zero-order valence-corrected chi connectivity index (χ0v) is 37.0. The number of furan rings is 2. The molecule has 0 unspecified atom stereocenters. The molecule has 14 aromatic rings. The number of fused-ring (bicyclic) bond motifs is 9. The fourth-order valence-corrected chi connectivity index (χ4v) is 10.3. The molecule has 4 aromatic heterocycles. The first-order chi connectivity index (χ1) is 34.2. The molecule has 0 saturated carbocycles. The summed E-state index contributed by atoms with van der Waals surface area (Å²) < 4.78 is 16.0. The van der Waals surface area contributed by atoms with Gasteiger partial charge in [-0.25, -0.2) is 15.0 Å². The maximum absolute atomic E-state index is 6.80. The van der Waals surface area contributed by atoms with Crippen molar-refractivity contribution in [3.63, 3.8) is 0 Å². The second-order valence-corrected chi connectivity index (χ2v) is 17.5. The molecule has 0 bridgehead atoms. The van der Waals surface area contributed by atoms with Gasteiger partial charge in [-0.15, -0.1) is 0 Å². The molecule has 0 spiro atoms. The van der Waals surface area contributed by atoms with Crippen LogP contribution in [0.1, 0.15) is 0 Å². The number of hydrogen-bond donors (Lipinski definition) is 0. The Hall–Kier alpha value is -9.39. The molecule has 6 nitrogen and oxygen atoms in total. The minimum absolute atomic E-state index is 0.550. The quantitative estimate of drug-likeness (QED) is 0.159. The topological polar surface area (TPSA) is 69.9 Å². The Bertz CT molecular complexity index is 4290. The van der Waals surface area contributed by atoms with Crippen LogP contribution in [-0.2, 0) is 0 Å². The Kier molecular flexibility index (Phi) is 8.79. The standard InChI is InChI=1S/C63H38N4O2/c1-4-16-39(17-5-1)41-30-32-43(33-31-41)62-64-61(42-20-8-3-9-21-42)65-63(66-62)50-37-45(38-57-58(50)48-23-11-13-27-54(48)68-57)46-24-14-28-55-59(46)60-53(26-15-29-56(60)69-55)67-51-25-12-10-22-47(51)49-36-44(34-35-52(49)67)40-18-6-2-7-19-40/h1-38H. The fraction of sp³-hybridized carbons (Fsp3) is 0. The van der Waals surface area contributed by atoms with Gasteiger partial charge in [0, 0.05) is 43.6 Å². The predicted molar refractivity (Wildman–Crippen MR) is 281 cm³/mol. The van der Waals surface area contributed by atoms with Crippen molar-refractivity contribution in [1.82, 2.24) is 19.5 Å². The molecule has 0 saturated heterocycles. The third-order valence-corrected chi connectivity index (χ3v) is 13.5. The summed E-state index contributed by atoms with van der Waals surface area (Å²) in [6.07, 6.45) is 0. The van der Waals surface area contributed by atoms with Crippen molar-refractivity contribution in [3.8, 4) is 73.2 Å². The van der Waals surface area contributed by atoms with Crippen LogP contribution in [0, 0.1) is 0 Å². The van der Waals surface area contributed by atoms with E-state index in [9.17, 15) is 0 Å². The lowest BCUT2D eigenvalue weighted by Gasteiger charge is -2.13. The molecule has 0 radical (unpaired) electrons. The monoisotopic (exact) mass is 882 g/mol. The van der Waals surface area contributed by atoms with Crippen LogP contribution in [-0.4, -0.2) is 19.5 Å². The van der Waals surface area contributed by atoms with E-state index in [2.05, 4.69) is 187 Å². The van der Waals surface area contributed by atoms with Gasteiger partial charge in [0.15, 0.2) is 17.5 Å². The van der Waals surface area contributed by atoms with Gasteiger partial charge in [-0.1, -0.05) is 176 Å². The zero-order valence-electron chi connectivity index (χ0n) is 37.0. The summed E-state index contributed by atoms with van der Waals surface area (Å²) in [5.74, 6) is 1.72. The first-order valence-electron chi connectivity index (χ1n) is 23.2. The number of hydrogen-bond acceptors (Lipinski definition) is 5. The molecule has 10 aromatic carbocycles. The molecule has 0 atom stereocenters. The van der Waals surface area contributed by atoms with Crippen molar-refractivity contribution >= 4 is 65.7 Å². The maximum atomic E-state index is 6.80. The average molecular weight is 883 g/mol. The Morgan fingerprint density at radius 1 is 0.275 bits per heavy atom. The number of aromatic nitrogens is 4. The highest BCUT2D eigenvalue weighted by atomic mass is 16.3. The molecule has 0 aliphatic rings. The van der Waals surface area contributed by atoms with Crippen LogP contribution < -0.4 is 0 Å². The lowest BCUT2D eigenvalue weighted by Crippen LogP contribution is -2.00. The van der Waals surface area contributed by atoms with Crippen molar-refractivity contribution in [2.24, 2.45) is 0 Å². The zero-order chi connectivity index (χ0) is 45.4. The number of nitrogens with zero attached hydrogens (tertiary/aromatic N) is 4. The fourth-order valence-electron chi connectivity index (χ4n) is 10.3. The molecule has 0 aliphatic heterocycles. The van der Waals surface area contributed by atoms with Crippen molar-refractivity contribution in [1.29, 1.82) is 0 Å². The molecule has 14 rings (SSSR count). The van der Waals surface area contributed by atoms with Crippen molar-refractivity contribution in [3.05, 3.63) is 231 Å². The molecule has 4 heterocycles. The minimum Gasteiger partial charge on any atom is -0.456 e. The highest BCUT2D eigenvalue weighted by molar-refractivity contribution is 6.20. The van der Waals surface area contributed by atoms with Crippen molar-refractivity contribution < 1.29 is 8.83 Å². The maximum Gasteiger partial charge on any atom is 0.164 e. The first-order valence-corrected chi connectivity index (χ1v) is 23.2. The largest absolute Gasteiger partial charge is 0.456 e. The number of para-hydroxylation sites is 2. The molecular weight excluding hydrogens is 845 g/mol. The van der Waals surface area contributed by atoms with Crippen LogP contribution in [0.2, 0.25) is 0 Å². The van der Waals surface area contributed by atoms with Gasteiger partial charge in [-0.2, -0.15) is 0 Å². The van der Waals surface area contributed by atoms with Gasteiger partial charge in [0.2, 0.25) is 0 Å². The van der Waals surface area contributed by atoms with Crippen LogP contribution in [0.4, 0.5) is 0 Å². The Labute approximate surface area is 396 Å². The van der Waals surface area contributed by atoms with E-state index in [0.717, 1.165) is 99.5 Å². The van der Waals surface area contributed by atoms with Gasteiger partial charge in [-0.05, 0) is 88.0 Å². The molecule has 0 N–H and O–H groups in total. The predicted octanol–water partition coefficient (Wildman–Crippen LogP) is 16.8. The van der Waals surface area contributed by atoms with Crippen molar-refractivity contribution in [2.75, 3.05) is 0 Å². The van der Waals surface area contributed by atoms with E-state index >= 15 is 0 Å². The lowest BCUT2D eigenvalue weighted by atomic mass is 9.94.